The zero-order valence-electron chi connectivity index (χ0n) is 10.8. The number of sulfonamides is 1. The van der Waals surface area contributed by atoms with E-state index in [9.17, 15) is 8.42 Å². The van der Waals surface area contributed by atoms with E-state index >= 15 is 0 Å². The fourth-order valence-corrected chi connectivity index (χ4v) is 2.69. The topological polar surface area (TPSA) is 107 Å². The molecule has 0 saturated carbocycles. The zero-order valence-corrected chi connectivity index (χ0v) is 11.6. The minimum atomic E-state index is -3.70. The van der Waals surface area contributed by atoms with Gasteiger partial charge < -0.3 is 16.2 Å². The lowest BCUT2D eigenvalue weighted by Gasteiger charge is -2.10. The summed E-state index contributed by atoms with van der Waals surface area (Å²) in [6, 6.07) is 10.7. The molecule has 0 unspecified atom stereocenters. The minimum absolute atomic E-state index is 0.0556. The van der Waals surface area contributed by atoms with Gasteiger partial charge in [0, 0.05) is 5.69 Å². The van der Waals surface area contributed by atoms with Crippen LogP contribution in [0.3, 0.4) is 0 Å². The second-order valence-electron chi connectivity index (χ2n) is 4.12. The number of nitrogens with one attached hydrogen (secondary N) is 1. The maximum Gasteiger partial charge on any atom is 0.261 e. The highest BCUT2D eigenvalue weighted by Crippen LogP contribution is 2.23. The molecule has 0 fully saturated rings. The second-order valence-corrected chi connectivity index (χ2v) is 5.81. The maximum atomic E-state index is 12.2. The van der Waals surface area contributed by atoms with Crippen LogP contribution >= 0.6 is 0 Å². The maximum absolute atomic E-state index is 12.2. The Morgan fingerprint density at radius 1 is 1.00 bits per heavy atom. The first-order valence-electron chi connectivity index (χ1n) is 5.74. The van der Waals surface area contributed by atoms with Crippen LogP contribution in [-0.2, 0) is 10.0 Å². The van der Waals surface area contributed by atoms with Gasteiger partial charge in [0.15, 0.2) is 0 Å². The molecule has 0 bridgehead atoms. The van der Waals surface area contributed by atoms with Crippen LogP contribution in [0.4, 0.5) is 17.1 Å². The van der Waals surface area contributed by atoms with Gasteiger partial charge >= 0.3 is 0 Å². The van der Waals surface area contributed by atoms with Crippen molar-refractivity contribution in [3.05, 3.63) is 42.5 Å². The first-order valence-corrected chi connectivity index (χ1v) is 7.22. The highest BCUT2D eigenvalue weighted by molar-refractivity contribution is 7.92. The summed E-state index contributed by atoms with van der Waals surface area (Å²) in [6.45, 7) is 0. The Labute approximate surface area is 117 Å². The van der Waals surface area contributed by atoms with Crippen molar-refractivity contribution >= 4 is 27.1 Å². The third-order valence-corrected chi connectivity index (χ3v) is 4.09. The van der Waals surface area contributed by atoms with Gasteiger partial charge in [0.25, 0.3) is 10.0 Å². The predicted octanol–water partition coefficient (Wildman–Crippen LogP) is 1.66. The van der Waals surface area contributed by atoms with Gasteiger partial charge in [-0.05, 0) is 42.5 Å². The summed E-state index contributed by atoms with van der Waals surface area (Å²) in [5.41, 5.74) is 12.2. The third kappa shape index (κ3) is 2.94. The Hall–Kier alpha value is -2.41. The predicted molar refractivity (Wildman–Crippen MR) is 79.1 cm³/mol. The molecule has 106 valence electrons. The zero-order chi connectivity index (χ0) is 14.8. The van der Waals surface area contributed by atoms with Gasteiger partial charge in [-0.25, -0.2) is 8.42 Å². The van der Waals surface area contributed by atoms with Crippen molar-refractivity contribution in [2.45, 2.75) is 4.90 Å². The molecule has 2 aromatic carbocycles. The van der Waals surface area contributed by atoms with E-state index < -0.39 is 10.0 Å². The molecule has 7 heteroatoms. The Balaban J connectivity index is 2.27. The molecule has 2 rings (SSSR count). The van der Waals surface area contributed by atoms with E-state index in [4.69, 9.17) is 16.2 Å². The molecule has 20 heavy (non-hydrogen) atoms. The molecule has 0 saturated heterocycles. The number of anilines is 3. The quantitative estimate of drug-likeness (QED) is 0.743. The van der Waals surface area contributed by atoms with Gasteiger partial charge in [0.2, 0.25) is 0 Å². The summed E-state index contributed by atoms with van der Waals surface area (Å²) in [5, 5.41) is 0. The monoisotopic (exact) mass is 293 g/mol. The lowest BCUT2D eigenvalue weighted by molar-refractivity contribution is 0.415. The van der Waals surface area contributed by atoms with Crippen LogP contribution in [-0.4, -0.2) is 15.5 Å². The fourth-order valence-electron chi connectivity index (χ4n) is 1.59. The summed E-state index contributed by atoms with van der Waals surface area (Å²) in [5.74, 6) is 0.643. The first kappa shape index (κ1) is 14.0. The molecule has 0 radical (unpaired) electrons. The molecule has 0 atom stereocenters. The van der Waals surface area contributed by atoms with Gasteiger partial charge in [-0.2, -0.15) is 0 Å². The summed E-state index contributed by atoms with van der Waals surface area (Å²) in [4.78, 5) is 0.0556. The molecule has 0 aromatic heterocycles. The Kier molecular flexibility index (Phi) is 3.71. The number of nitrogen functional groups attached to an aromatic ring is 2. The van der Waals surface area contributed by atoms with Crippen molar-refractivity contribution in [3.63, 3.8) is 0 Å². The van der Waals surface area contributed by atoms with E-state index in [1.165, 1.54) is 25.3 Å². The van der Waals surface area contributed by atoms with Gasteiger partial charge in [-0.15, -0.1) is 0 Å². The molecular formula is C13H15N3O3S. The van der Waals surface area contributed by atoms with Gasteiger partial charge in [-0.1, -0.05) is 0 Å². The number of nitrogens with two attached hydrogens (primary N) is 2. The fraction of sp³-hybridized carbons (Fsp3) is 0.0769. The van der Waals surface area contributed by atoms with E-state index in [1.807, 2.05) is 0 Å². The highest BCUT2D eigenvalue weighted by atomic mass is 32.2. The van der Waals surface area contributed by atoms with Crippen LogP contribution < -0.4 is 20.9 Å². The average Bonchev–Trinajstić information content (AvgIpc) is 2.42. The number of methoxy groups -OCH3 is 1. The molecule has 0 aliphatic rings. The highest BCUT2D eigenvalue weighted by Gasteiger charge is 2.15. The van der Waals surface area contributed by atoms with Crippen LogP contribution in [0.2, 0.25) is 0 Å². The molecule has 6 nitrogen and oxygen atoms in total. The van der Waals surface area contributed by atoms with Gasteiger partial charge in [-0.3, -0.25) is 4.72 Å². The summed E-state index contributed by atoms with van der Waals surface area (Å²) in [7, 11) is -2.16. The van der Waals surface area contributed by atoms with E-state index in [0.29, 0.717) is 17.1 Å². The molecular weight excluding hydrogens is 278 g/mol. The van der Waals surface area contributed by atoms with Crippen LogP contribution in [0.1, 0.15) is 0 Å². The van der Waals surface area contributed by atoms with Crippen LogP contribution in [0.15, 0.2) is 47.4 Å². The minimum Gasteiger partial charge on any atom is -0.497 e. The summed E-state index contributed by atoms with van der Waals surface area (Å²) < 4.78 is 31.8. The Bertz CT molecular complexity index is 712. The van der Waals surface area contributed by atoms with Crippen molar-refractivity contribution in [3.8, 4) is 5.75 Å². The van der Waals surface area contributed by atoms with Crippen LogP contribution in [0.25, 0.3) is 0 Å². The number of benzene rings is 2. The number of hydrogen-bond acceptors (Lipinski definition) is 5. The Morgan fingerprint density at radius 2 is 1.65 bits per heavy atom. The normalized spacial score (nSPS) is 11.1. The van der Waals surface area contributed by atoms with Crippen LogP contribution in [0, 0.1) is 0 Å². The third-order valence-electron chi connectivity index (χ3n) is 2.71. The average molecular weight is 293 g/mol. The molecule has 0 aliphatic carbocycles. The lowest BCUT2D eigenvalue weighted by Crippen LogP contribution is -2.13. The van der Waals surface area contributed by atoms with E-state index in [1.54, 1.807) is 24.3 Å². The van der Waals surface area contributed by atoms with E-state index in [2.05, 4.69) is 4.72 Å². The summed E-state index contributed by atoms with van der Waals surface area (Å²) >= 11 is 0. The Morgan fingerprint density at radius 3 is 2.20 bits per heavy atom. The van der Waals surface area contributed by atoms with Gasteiger partial charge in [0.05, 0.1) is 23.4 Å². The molecule has 5 N–H and O–H groups in total. The molecule has 2 aromatic rings. The number of hydrogen-bond donors (Lipinski definition) is 3. The molecule has 0 heterocycles. The van der Waals surface area contributed by atoms with Crippen molar-refractivity contribution < 1.29 is 13.2 Å². The molecule has 0 aliphatic heterocycles. The standard InChI is InChI=1S/C13H15N3O3S/c1-19-10-4-2-9(3-5-10)16-20(17,18)11-6-7-12(14)13(15)8-11/h2-8,16H,14-15H2,1H3. The molecule has 0 spiro atoms. The first-order chi connectivity index (χ1) is 9.42. The second kappa shape index (κ2) is 5.30. The van der Waals surface area contributed by atoms with Gasteiger partial charge in [0.1, 0.15) is 5.75 Å². The number of ether oxygens (including phenoxy) is 1. The van der Waals surface area contributed by atoms with Crippen molar-refractivity contribution in [1.82, 2.24) is 0 Å². The van der Waals surface area contributed by atoms with E-state index in [0.717, 1.165) is 0 Å². The lowest BCUT2D eigenvalue weighted by atomic mass is 10.3. The SMILES string of the molecule is COc1ccc(NS(=O)(=O)c2ccc(N)c(N)c2)cc1. The molecule has 0 amide bonds. The smallest absolute Gasteiger partial charge is 0.261 e. The van der Waals surface area contributed by atoms with Crippen LogP contribution in [0.5, 0.6) is 5.75 Å². The van der Waals surface area contributed by atoms with Crippen molar-refractivity contribution in [2.75, 3.05) is 23.3 Å². The van der Waals surface area contributed by atoms with Crippen molar-refractivity contribution in [2.24, 2.45) is 0 Å². The van der Waals surface area contributed by atoms with Crippen molar-refractivity contribution in [1.29, 1.82) is 0 Å². The van der Waals surface area contributed by atoms with E-state index in [-0.39, 0.29) is 10.6 Å². The largest absolute Gasteiger partial charge is 0.497 e. The summed E-state index contributed by atoms with van der Waals surface area (Å²) in [6.07, 6.45) is 0. The number of rotatable bonds is 4.